The van der Waals surface area contributed by atoms with Crippen molar-refractivity contribution < 1.29 is 52.8 Å². The maximum Gasteiger partial charge on any atom is 1.00 e. The Balaban J connectivity index is 0. The molecule has 0 saturated heterocycles. The molecule has 6 heavy (non-hydrogen) atoms. The van der Waals surface area contributed by atoms with Gasteiger partial charge in [-0.05, 0) is 0 Å². The fourth-order valence-electron chi connectivity index (χ4n) is 0.167. The molecule has 0 spiro atoms. The van der Waals surface area contributed by atoms with Crippen LogP contribution in [-0.2, 0) is 0 Å². The normalized spacial score (nSPS) is 6.67. The van der Waals surface area contributed by atoms with Crippen molar-refractivity contribution in [1.29, 1.82) is 0 Å². The molecule has 0 radical (unpaired) electrons. The first-order valence-corrected chi connectivity index (χ1v) is 1.29. The smallest absolute Gasteiger partial charge is 1.00 e. The molecule has 0 saturated carbocycles. The summed E-state index contributed by atoms with van der Waals surface area (Å²) < 4.78 is 0. The number of hydrogen-bond acceptors (Lipinski definition) is 2. The SMILES string of the molecule is [H-].[K+].c1nc[nH]n1. The molecule has 0 fully saturated rings. The van der Waals surface area contributed by atoms with Crippen LogP contribution >= 0.6 is 0 Å². The number of H-pyrrole nitrogens is 1. The summed E-state index contributed by atoms with van der Waals surface area (Å²) in [5, 5.41) is 5.99. The van der Waals surface area contributed by atoms with E-state index in [-0.39, 0.29) is 52.8 Å². The van der Waals surface area contributed by atoms with Crippen molar-refractivity contribution in [3.63, 3.8) is 0 Å². The van der Waals surface area contributed by atoms with Crippen LogP contribution in [0.4, 0.5) is 0 Å². The molecule has 0 aliphatic carbocycles. The van der Waals surface area contributed by atoms with Gasteiger partial charge in [0.15, 0.2) is 0 Å². The molecule has 1 aromatic heterocycles. The maximum atomic E-state index is 3.56. The molecular formula is C2H4KN3. The second-order valence-electron chi connectivity index (χ2n) is 0.652. The first kappa shape index (κ1) is 6.78. The monoisotopic (exact) mass is 109 g/mol. The number of nitrogens with one attached hydrogen (secondary N) is 1. The Bertz CT molecular complexity index is 69.4. The summed E-state index contributed by atoms with van der Waals surface area (Å²) in [7, 11) is 0. The van der Waals surface area contributed by atoms with Gasteiger partial charge in [-0.25, -0.2) is 4.98 Å². The zero-order valence-corrected chi connectivity index (χ0v) is 6.67. The summed E-state index contributed by atoms with van der Waals surface area (Å²) in [5.41, 5.74) is 0. The van der Waals surface area contributed by atoms with E-state index in [1.165, 1.54) is 12.7 Å². The van der Waals surface area contributed by atoms with E-state index in [9.17, 15) is 0 Å². The zero-order valence-electron chi connectivity index (χ0n) is 4.55. The van der Waals surface area contributed by atoms with Crippen LogP contribution in [0.2, 0.25) is 0 Å². The average Bonchev–Trinajstić information content (AvgIpc) is 1.76. The van der Waals surface area contributed by atoms with Crippen molar-refractivity contribution in [2.24, 2.45) is 0 Å². The quantitative estimate of drug-likeness (QED) is 0.359. The standard InChI is InChI=1S/C2H3N3.K.H/c1-3-2-5-4-1;;/h1-2H,(H,3,4,5);;/q;+1;-1. The van der Waals surface area contributed by atoms with Crippen LogP contribution in [0.15, 0.2) is 12.7 Å². The molecule has 3 nitrogen and oxygen atoms in total. The Hall–Kier alpha value is 0.776. The van der Waals surface area contributed by atoms with Gasteiger partial charge in [-0.15, -0.1) is 0 Å². The van der Waals surface area contributed by atoms with Gasteiger partial charge in [0.2, 0.25) is 0 Å². The van der Waals surface area contributed by atoms with Gasteiger partial charge in [0.25, 0.3) is 0 Å². The topological polar surface area (TPSA) is 41.6 Å². The molecule has 0 bridgehead atoms. The van der Waals surface area contributed by atoms with E-state index in [2.05, 4.69) is 15.2 Å². The van der Waals surface area contributed by atoms with Crippen molar-refractivity contribution in [2.75, 3.05) is 0 Å². The number of rotatable bonds is 0. The molecular weight excluding hydrogens is 105 g/mol. The molecule has 0 unspecified atom stereocenters. The summed E-state index contributed by atoms with van der Waals surface area (Å²) in [4.78, 5) is 3.56. The van der Waals surface area contributed by atoms with Crippen molar-refractivity contribution in [3.05, 3.63) is 12.7 Å². The predicted molar refractivity (Wildman–Crippen MR) is 17.5 cm³/mol. The van der Waals surface area contributed by atoms with Gasteiger partial charge in [-0.2, -0.15) is 5.10 Å². The molecule has 1 heterocycles. The summed E-state index contributed by atoms with van der Waals surface area (Å²) in [6.07, 6.45) is 2.96. The molecule has 1 rings (SSSR count). The first-order chi connectivity index (χ1) is 2.50. The van der Waals surface area contributed by atoms with Crippen LogP contribution in [0.3, 0.4) is 0 Å². The van der Waals surface area contributed by atoms with E-state index in [0.717, 1.165) is 0 Å². The Morgan fingerprint density at radius 1 is 1.67 bits per heavy atom. The van der Waals surface area contributed by atoms with Crippen LogP contribution in [0.5, 0.6) is 0 Å². The van der Waals surface area contributed by atoms with Gasteiger partial charge in [-0.1, -0.05) is 0 Å². The van der Waals surface area contributed by atoms with Crippen molar-refractivity contribution in [1.82, 2.24) is 15.2 Å². The van der Waals surface area contributed by atoms with Crippen LogP contribution in [0.25, 0.3) is 0 Å². The third-order valence-corrected chi connectivity index (χ3v) is 0.331. The van der Waals surface area contributed by atoms with Crippen molar-refractivity contribution in [3.8, 4) is 0 Å². The largest absolute Gasteiger partial charge is 1.00 e. The molecule has 1 N–H and O–H groups in total. The summed E-state index contributed by atoms with van der Waals surface area (Å²) in [6.45, 7) is 0. The Morgan fingerprint density at radius 2 is 2.50 bits per heavy atom. The second kappa shape index (κ2) is 3.95. The summed E-state index contributed by atoms with van der Waals surface area (Å²) in [5.74, 6) is 0. The number of nitrogens with zero attached hydrogens (tertiary/aromatic N) is 2. The molecule has 0 aromatic carbocycles. The van der Waals surface area contributed by atoms with Crippen LogP contribution in [0.1, 0.15) is 1.43 Å². The second-order valence-corrected chi connectivity index (χ2v) is 0.652. The fourth-order valence-corrected chi connectivity index (χ4v) is 0.167. The Morgan fingerprint density at radius 3 is 2.67 bits per heavy atom. The molecule has 0 atom stereocenters. The summed E-state index contributed by atoms with van der Waals surface area (Å²) in [6, 6.07) is 0. The average molecular weight is 109 g/mol. The van der Waals surface area contributed by atoms with Gasteiger partial charge >= 0.3 is 51.4 Å². The number of hydrogen-bond donors (Lipinski definition) is 1. The number of aromatic nitrogens is 3. The molecule has 1 aromatic rings. The molecule has 0 aliphatic heterocycles. The summed E-state index contributed by atoms with van der Waals surface area (Å²) >= 11 is 0. The fraction of sp³-hybridized carbons (Fsp3) is 0. The Kier molecular flexibility index (Phi) is 4.46. The third-order valence-electron chi connectivity index (χ3n) is 0.331. The number of aromatic amines is 1. The molecule has 28 valence electrons. The minimum Gasteiger partial charge on any atom is -1.00 e. The van der Waals surface area contributed by atoms with E-state index < -0.39 is 0 Å². The van der Waals surface area contributed by atoms with Crippen LogP contribution in [0, 0.1) is 0 Å². The van der Waals surface area contributed by atoms with Gasteiger partial charge in [0, 0.05) is 0 Å². The van der Waals surface area contributed by atoms with E-state index in [0.29, 0.717) is 0 Å². The Labute approximate surface area is 79.5 Å². The van der Waals surface area contributed by atoms with E-state index in [4.69, 9.17) is 0 Å². The predicted octanol–water partition coefficient (Wildman–Crippen LogP) is -3.08. The van der Waals surface area contributed by atoms with Gasteiger partial charge in [0.05, 0.1) is 0 Å². The zero-order chi connectivity index (χ0) is 3.54. The van der Waals surface area contributed by atoms with Crippen LogP contribution in [-0.4, -0.2) is 15.2 Å². The van der Waals surface area contributed by atoms with Crippen molar-refractivity contribution >= 4 is 0 Å². The van der Waals surface area contributed by atoms with Crippen LogP contribution < -0.4 is 51.4 Å². The van der Waals surface area contributed by atoms with E-state index >= 15 is 0 Å². The van der Waals surface area contributed by atoms with E-state index in [1.807, 2.05) is 0 Å². The van der Waals surface area contributed by atoms with E-state index in [1.54, 1.807) is 0 Å². The first-order valence-electron chi connectivity index (χ1n) is 1.29. The minimum atomic E-state index is 0. The molecule has 0 amide bonds. The third kappa shape index (κ3) is 2.04. The van der Waals surface area contributed by atoms with Crippen molar-refractivity contribution in [2.45, 2.75) is 0 Å². The molecule has 4 heteroatoms. The van der Waals surface area contributed by atoms with Gasteiger partial charge < -0.3 is 1.43 Å². The molecule has 0 aliphatic rings. The van der Waals surface area contributed by atoms with Gasteiger partial charge in [-0.3, -0.25) is 5.10 Å². The van der Waals surface area contributed by atoms with Gasteiger partial charge in [0.1, 0.15) is 12.7 Å². The maximum absolute atomic E-state index is 3.56. The minimum absolute atomic E-state index is 0.